The molecule has 2 N–H and O–H groups in total. The molecule has 2 aliphatic rings. The molecule has 0 bridgehead atoms. The Hall–Kier alpha value is -3.56. The number of carbonyl (C=O) groups is 1. The van der Waals surface area contributed by atoms with Crippen LogP contribution in [0.2, 0.25) is 6.55 Å². The number of hydrogen-bond acceptors (Lipinski definition) is 5. The molecule has 1 saturated carbocycles. The van der Waals surface area contributed by atoms with Crippen LogP contribution in [0.5, 0.6) is 0 Å². The van der Waals surface area contributed by atoms with E-state index in [0.717, 1.165) is 68.1 Å². The average Bonchev–Trinajstić information content (AvgIpc) is 3.09. The van der Waals surface area contributed by atoms with Crippen LogP contribution in [0.15, 0.2) is 89.7 Å². The number of pyridine rings is 1. The van der Waals surface area contributed by atoms with E-state index in [1.165, 1.54) is 10.4 Å². The Balaban J connectivity index is 1.00. The second-order valence-corrected chi connectivity index (χ2v) is 18.0. The van der Waals surface area contributed by atoms with Crippen LogP contribution in [-0.2, 0) is 4.43 Å². The highest BCUT2D eigenvalue weighted by Crippen LogP contribution is 2.33. The SMILES string of the molecule is Cc1cccc2c1cc(C(=O)NCC1CCN(CC3(O)CCC(O[Si](C)(c4ccccc4)c4ccccc4)CC3)CC1)c(=O)n2C(C)C. The Labute approximate surface area is 286 Å². The minimum Gasteiger partial charge on any atom is -0.405 e. The van der Waals surface area contributed by atoms with E-state index in [1.54, 1.807) is 10.6 Å². The second kappa shape index (κ2) is 14.5. The van der Waals surface area contributed by atoms with Gasteiger partial charge < -0.3 is 24.3 Å². The molecule has 1 saturated heterocycles. The van der Waals surface area contributed by atoms with E-state index in [4.69, 9.17) is 4.43 Å². The highest BCUT2D eigenvalue weighted by molar-refractivity contribution is 6.96. The van der Waals surface area contributed by atoms with Crippen molar-refractivity contribution < 1.29 is 14.3 Å². The normalized spacial score (nSPS) is 21.1. The molecule has 3 aromatic carbocycles. The summed E-state index contributed by atoms with van der Waals surface area (Å²) in [5, 5.41) is 18.2. The molecule has 1 aliphatic heterocycles. The lowest BCUT2D eigenvalue weighted by atomic mass is 9.82. The van der Waals surface area contributed by atoms with E-state index in [2.05, 4.69) is 77.4 Å². The molecule has 1 aliphatic carbocycles. The number of aliphatic hydroxyl groups is 1. The van der Waals surface area contributed by atoms with Crippen LogP contribution in [0.25, 0.3) is 10.9 Å². The number of piperidine rings is 1. The van der Waals surface area contributed by atoms with Crippen molar-refractivity contribution in [3.8, 4) is 0 Å². The number of likely N-dealkylation sites (tertiary alicyclic amines) is 1. The van der Waals surface area contributed by atoms with Gasteiger partial charge in [0.2, 0.25) is 0 Å². The third-order valence-corrected chi connectivity index (χ3v) is 14.4. The van der Waals surface area contributed by atoms with Gasteiger partial charge in [0.15, 0.2) is 0 Å². The zero-order valence-electron chi connectivity index (χ0n) is 29.0. The Morgan fingerprint density at radius 1 is 0.938 bits per heavy atom. The summed E-state index contributed by atoms with van der Waals surface area (Å²) in [6.07, 6.45) is 5.22. The van der Waals surface area contributed by atoms with Crippen molar-refractivity contribution in [3.63, 3.8) is 0 Å². The molecule has 0 atom stereocenters. The van der Waals surface area contributed by atoms with Crippen LogP contribution in [0.1, 0.15) is 74.3 Å². The van der Waals surface area contributed by atoms with Gasteiger partial charge in [-0.3, -0.25) is 9.59 Å². The molecule has 8 heteroatoms. The Morgan fingerprint density at radius 3 is 2.12 bits per heavy atom. The highest BCUT2D eigenvalue weighted by atomic mass is 28.4. The number of benzene rings is 3. The van der Waals surface area contributed by atoms with Gasteiger partial charge in [-0.15, -0.1) is 0 Å². The number of fused-ring (bicyclic) bond motifs is 1. The average molecular weight is 666 g/mol. The number of carbonyl (C=O) groups excluding carboxylic acids is 1. The summed E-state index contributed by atoms with van der Waals surface area (Å²) < 4.78 is 8.77. The molecule has 0 radical (unpaired) electrons. The van der Waals surface area contributed by atoms with E-state index >= 15 is 0 Å². The quantitative estimate of drug-likeness (QED) is 0.222. The predicted molar refractivity (Wildman–Crippen MR) is 197 cm³/mol. The van der Waals surface area contributed by atoms with Gasteiger partial charge in [0, 0.05) is 30.6 Å². The maximum Gasteiger partial charge on any atom is 0.264 e. The number of hydrogen-bond donors (Lipinski definition) is 2. The molecular formula is C40H51N3O4Si. The van der Waals surface area contributed by atoms with E-state index in [0.29, 0.717) is 19.0 Å². The number of β-amino-alcohol motifs (C(OH)–C–C–N with tert-alkyl or cyclic N) is 1. The van der Waals surface area contributed by atoms with Crippen LogP contribution in [-0.4, -0.2) is 66.7 Å². The Kier molecular flexibility index (Phi) is 10.4. The molecule has 6 rings (SSSR count). The first-order valence-corrected chi connectivity index (χ1v) is 20.1. The van der Waals surface area contributed by atoms with Crippen molar-refractivity contribution in [2.45, 2.75) is 83.6 Å². The summed E-state index contributed by atoms with van der Waals surface area (Å²) in [5.74, 6) is 0.0473. The number of nitrogens with zero attached hydrogens (tertiary/aromatic N) is 2. The van der Waals surface area contributed by atoms with Crippen LogP contribution < -0.4 is 21.2 Å². The summed E-state index contributed by atoms with van der Waals surface area (Å²) in [7, 11) is -2.39. The zero-order chi connectivity index (χ0) is 33.9. The first-order valence-electron chi connectivity index (χ1n) is 17.7. The van der Waals surface area contributed by atoms with Gasteiger partial charge in [0.1, 0.15) is 5.56 Å². The third kappa shape index (κ3) is 7.37. The van der Waals surface area contributed by atoms with Gasteiger partial charge in [-0.25, -0.2) is 0 Å². The number of amides is 1. The molecule has 254 valence electrons. The fourth-order valence-electron chi connectivity index (χ4n) is 7.83. The van der Waals surface area contributed by atoms with Gasteiger partial charge >= 0.3 is 0 Å². The lowest BCUT2D eigenvalue weighted by molar-refractivity contribution is -0.0538. The van der Waals surface area contributed by atoms with Crippen molar-refractivity contribution in [1.29, 1.82) is 0 Å². The lowest BCUT2D eigenvalue weighted by Crippen LogP contribution is -2.60. The first kappa shape index (κ1) is 34.3. The van der Waals surface area contributed by atoms with Crippen molar-refractivity contribution in [2.75, 3.05) is 26.2 Å². The highest BCUT2D eigenvalue weighted by Gasteiger charge is 2.41. The van der Waals surface area contributed by atoms with Gasteiger partial charge in [-0.2, -0.15) is 0 Å². The van der Waals surface area contributed by atoms with Gasteiger partial charge in [-0.1, -0.05) is 72.8 Å². The zero-order valence-corrected chi connectivity index (χ0v) is 30.0. The summed E-state index contributed by atoms with van der Waals surface area (Å²) in [6.45, 7) is 11.3. The van der Waals surface area contributed by atoms with Crippen LogP contribution in [0, 0.1) is 12.8 Å². The Bertz CT molecular complexity index is 1720. The molecule has 1 amide bonds. The number of aryl methyl sites for hydroxylation is 1. The molecule has 2 heterocycles. The summed E-state index contributed by atoms with van der Waals surface area (Å²) in [5.41, 5.74) is 1.17. The lowest BCUT2D eigenvalue weighted by Gasteiger charge is -2.43. The summed E-state index contributed by atoms with van der Waals surface area (Å²) in [4.78, 5) is 29.1. The largest absolute Gasteiger partial charge is 0.405 e. The van der Waals surface area contributed by atoms with Crippen molar-refractivity contribution in [2.24, 2.45) is 5.92 Å². The molecule has 0 unspecified atom stereocenters. The second-order valence-electron chi connectivity index (χ2n) is 14.6. The maximum atomic E-state index is 13.4. The van der Waals surface area contributed by atoms with Crippen molar-refractivity contribution in [3.05, 3.63) is 106 Å². The molecule has 4 aromatic rings. The van der Waals surface area contributed by atoms with Gasteiger partial charge in [0.25, 0.3) is 19.8 Å². The van der Waals surface area contributed by atoms with Crippen molar-refractivity contribution >= 4 is 35.5 Å². The van der Waals surface area contributed by atoms with E-state index in [9.17, 15) is 14.7 Å². The van der Waals surface area contributed by atoms with E-state index < -0.39 is 13.9 Å². The summed E-state index contributed by atoms with van der Waals surface area (Å²) >= 11 is 0. The minimum absolute atomic E-state index is 0.0538. The number of rotatable bonds is 10. The maximum absolute atomic E-state index is 13.4. The van der Waals surface area contributed by atoms with E-state index in [-0.39, 0.29) is 29.2 Å². The van der Waals surface area contributed by atoms with Crippen LogP contribution in [0.4, 0.5) is 0 Å². The topological polar surface area (TPSA) is 83.8 Å². The molecule has 1 aromatic heterocycles. The fraction of sp³-hybridized carbons (Fsp3) is 0.450. The van der Waals surface area contributed by atoms with Crippen LogP contribution >= 0.6 is 0 Å². The summed E-state index contributed by atoms with van der Waals surface area (Å²) in [6, 6.07) is 28.9. The first-order chi connectivity index (χ1) is 23.1. The molecule has 48 heavy (non-hydrogen) atoms. The van der Waals surface area contributed by atoms with Crippen LogP contribution in [0.3, 0.4) is 0 Å². The Morgan fingerprint density at radius 2 is 1.54 bits per heavy atom. The van der Waals surface area contributed by atoms with Crippen molar-refractivity contribution in [1.82, 2.24) is 14.8 Å². The smallest absolute Gasteiger partial charge is 0.264 e. The standard InChI is InChI=1S/C40H51N3O4Si/c1-29(2)43-37-17-11-12-30(3)35(37)26-36(39(43)45)38(44)41-27-31-20-24-42(25-21-31)28-40(46)22-18-32(19-23-40)47-48(4,33-13-7-5-8-14-33)34-15-9-6-10-16-34/h5-17,26,29,31-32,46H,18-25,27-28H2,1-4H3,(H,41,44). The molecule has 0 spiro atoms. The van der Waals surface area contributed by atoms with Gasteiger partial charge in [-0.05, 0) is 113 Å². The predicted octanol–water partition coefficient (Wildman–Crippen LogP) is 5.41. The minimum atomic E-state index is -2.39. The van der Waals surface area contributed by atoms with Gasteiger partial charge in [0.05, 0.1) is 11.1 Å². The fourth-order valence-corrected chi connectivity index (χ4v) is 11.0. The monoisotopic (exact) mass is 665 g/mol. The van der Waals surface area contributed by atoms with E-state index in [1.807, 2.05) is 39.0 Å². The molecule has 7 nitrogen and oxygen atoms in total. The number of nitrogens with one attached hydrogen (secondary N) is 1. The molecule has 2 fully saturated rings. The number of aromatic nitrogens is 1. The molecular weight excluding hydrogens is 615 g/mol. The third-order valence-electron chi connectivity index (χ3n) is 10.8.